The first-order valence-corrected chi connectivity index (χ1v) is 11.4. The summed E-state index contributed by atoms with van der Waals surface area (Å²) in [5, 5.41) is 5.61. The number of nitrogens with zero attached hydrogens (tertiary/aromatic N) is 5. The molecule has 1 fully saturated rings. The molecule has 0 radical (unpaired) electrons. The molecule has 1 aliphatic heterocycles. The molecular formula is C23H25Cl2N5O3. The number of carbonyl (C=O) groups is 1. The molecule has 174 valence electrons. The van der Waals surface area contributed by atoms with Crippen molar-refractivity contribution in [2.75, 3.05) is 13.1 Å². The van der Waals surface area contributed by atoms with E-state index >= 15 is 0 Å². The van der Waals surface area contributed by atoms with Gasteiger partial charge in [-0.25, -0.2) is 18.8 Å². The highest BCUT2D eigenvalue weighted by Gasteiger charge is 2.31. The van der Waals surface area contributed by atoms with E-state index in [1.165, 1.54) is 15.4 Å². The van der Waals surface area contributed by atoms with Gasteiger partial charge in [0.25, 0.3) is 0 Å². The smallest absolute Gasteiger partial charge is 0.410 e. The van der Waals surface area contributed by atoms with Crippen molar-refractivity contribution in [3.05, 3.63) is 63.3 Å². The highest BCUT2D eigenvalue weighted by atomic mass is 35.5. The lowest BCUT2D eigenvalue weighted by Crippen LogP contribution is -2.45. The lowest BCUT2D eigenvalue weighted by atomic mass is 10.1. The largest absolute Gasteiger partial charge is 0.444 e. The molecule has 0 bridgehead atoms. The summed E-state index contributed by atoms with van der Waals surface area (Å²) in [6.45, 7) is 6.39. The lowest BCUT2D eigenvalue weighted by molar-refractivity contribution is 0.0165. The van der Waals surface area contributed by atoms with Crippen LogP contribution in [0.4, 0.5) is 4.79 Å². The van der Waals surface area contributed by atoms with Gasteiger partial charge in [-0.1, -0.05) is 23.2 Å². The Kier molecular flexibility index (Phi) is 6.50. The third kappa shape index (κ3) is 5.07. The van der Waals surface area contributed by atoms with E-state index in [0.717, 1.165) is 6.42 Å². The Morgan fingerprint density at radius 3 is 2.55 bits per heavy atom. The number of carbonyl (C=O) groups excluding carboxylic acids is 1. The first kappa shape index (κ1) is 23.3. The van der Waals surface area contributed by atoms with Gasteiger partial charge in [0, 0.05) is 36.1 Å². The molecule has 1 aromatic carbocycles. The topological polar surface area (TPSA) is 82.2 Å². The first-order chi connectivity index (χ1) is 15.6. The molecule has 1 unspecified atom stereocenters. The van der Waals surface area contributed by atoms with Gasteiger partial charge in [0.1, 0.15) is 5.60 Å². The minimum atomic E-state index is -0.595. The van der Waals surface area contributed by atoms with Crippen LogP contribution in [0.25, 0.3) is 17.1 Å². The zero-order chi connectivity index (χ0) is 23.8. The highest BCUT2D eigenvalue weighted by Crippen LogP contribution is 2.29. The Morgan fingerprint density at radius 2 is 1.88 bits per heavy atom. The molecule has 1 atom stereocenters. The maximum absolute atomic E-state index is 13.6. The predicted octanol–water partition coefficient (Wildman–Crippen LogP) is 4.97. The van der Waals surface area contributed by atoms with Gasteiger partial charge in [0.15, 0.2) is 5.82 Å². The van der Waals surface area contributed by atoms with E-state index in [1.807, 2.05) is 20.8 Å². The predicted molar refractivity (Wildman–Crippen MR) is 127 cm³/mol. The fourth-order valence-electron chi connectivity index (χ4n) is 3.82. The molecule has 0 saturated carbocycles. The average Bonchev–Trinajstić information content (AvgIpc) is 3.10. The molecule has 2 aromatic heterocycles. The normalized spacial score (nSPS) is 16.6. The molecule has 8 nitrogen and oxygen atoms in total. The third-order valence-corrected chi connectivity index (χ3v) is 5.85. The number of hydrogen-bond donors (Lipinski definition) is 0. The average molecular weight is 490 g/mol. The van der Waals surface area contributed by atoms with Crippen molar-refractivity contribution in [2.45, 2.75) is 45.3 Å². The summed E-state index contributed by atoms with van der Waals surface area (Å²) in [7, 11) is 0. The number of benzene rings is 1. The Morgan fingerprint density at radius 1 is 1.15 bits per heavy atom. The van der Waals surface area contributed by atoms with Gasteiger partial charge < -0.3 is 9.64 Å². The highest BCUT2D eigenvalue weighted by molar-refractivity contribution is 6.33. The van der Waals surface area contributed by atoms with Crippen molar-refractivity contribution in [1.29, 1.82) is 0 Å². The Labute approximate surface area is 201 Å². The molecule has 33 heavy (non-hydrogen) atoms. The van der Waals surface area contributed by atoms with E-state index in [1.54, 1.807) is 41.4 Å². The van der Waals surface area contributed by atoms with Crippen molar-refractivity contribution in [3.63, 3.8) is 0 Å². The van der Waals surface area contributed by atoms with Crippen LogP contribution >= 0.6 is 23.2 Å². The zero-order valence-corrected chi connectivity index (χ0v) is 20.2. The summed E-state index contributed by atoms with van der Waals surface area (Å²) in [5.74, 6) is 0.393. The van der Waals surface area contributed by atoms with Gasteiger partial charge in [-0.05, 0) is 63.9 Å². The van der Waals surface area contributed by atoms with Gasteiger partial charge in [-0.3, -0.25) is 4.98 Å². The molecule has 3 aromatic rings. The molecule has 10 heteroatoms. The molecule has 1 aliphatic rings. The molecule has 0 aliphatic carbocycles. The van der Waals surface area contributed by atoms with E-state index in [-0.39, 0.29) is 11.7 Å². The fourth-order valence-corrected chi connectivity index (χ4v) is 4.15. The summed E-state index contributed by atoms with van der Waals surface area (Å²) in [6, 6.07) is 8.35. The van der Waals surface area contributed by atoms with Crippen LogP contribution in [-0.4, -0.2) is 49.0 Å². The zero-order valence-electron chi connectivity index (χ0n) is 18.7. The molecule has 1 amide bonds. The second-order valence-electron chi connectivity index (χ2n) is 8.94. The molecule has 1 saturated heterocycles. The Balaban J connectivity index is 1.76. The second-order valence-corrected chi connectivity index (χ2v) is 9.78. The van der Waals surface area contributed by atoms with Gasteiger partial charge in [0.05, 0.1) is 16.8 Å². The Hall–Kier alpha value is -2.84. The van der Waals surface area contributed by atoms with Gasteiger partial charge in [-0.15, -0.1) is 5.10 Å². The van der Waals surface area contributed by atoms with Crippen LogP contribution in [-0.2, 0) is 4.74 Å². The monoisotopic (exact) mass is 489 g/mol. The van der Waals surface area contributed by atoms with E-state index in [2.05, 4.69) is 10.1 Å². The van der Waals surface area contributed by atoms with E-state index in [4.69, 9.17) is 27.9 Å². The summed E-state index contributed by atoms with van der Waals surface area (Å²) in [5.41, 5.74) is 0.273. The summed E-state index contributed by atoms with van der Waals surface area (Å²) in [6.07, 6.45) is 4.16. The second kappa shape index (κ2) is 9.19. The van der Waals surface area contributed by atoms with E-state index in [9.17, 15) is 9.59 Å². The van der Waals surface area contributed by atoms with Crippen molar-refractivity contribution in [3.8, 4) is 17.1 Å². The number of likely N-dealkylation sites (tertiary alicyclic amines) is 1. The molecule has 0 N–H and O–H groups in total. The summed E-state index contributed by atoms with van der Waals surface area (Å²) >= 11 is 12.5. The molecule has 4 rings (SSSR count). The number of halogens is 2. The van der Waals surface area contributed by atoms with Crippen LogP contribution in [0.5, 0.6) is 0 Å². The third-order valence-electron chi connectivity index (χ3n) is 5.29. The van der Waals surface area contributed by atoms with Crippen molar-refractivity contribution in [1.82, 2.24) is 24.2 Å². The molecule has 0 spiro atoms. The number of pyridine rings is 1. The minimum Gasteiger partial charge on any atom is -0.444 e. The Bertz CT molecular complexity index is 1210. The number of ether oxygens (including phenoxy) is 1. The van der Waals surface area contributed by atoms with Crippen molar-refractivity contribution < 1.29 is 9.53 Å². The van der Waals surface area contributed by atoms with Crippen LogP contribution in [0.15, 0.2) is 47.5 Å². The number of rotatable bonds is 3. The van der Waals surface area contributed by atoms with Crippen LogP contribution in [0, 0.1) is 0 Å². The summed E-state index contributed by atoms with van der Waals surface area (Å²) in [4.78, 5) is 31.9. The first-order valence-electron chi connectivity index (χ1n) is 10.7. The quantitative estimate of drug-likeness (QED) is 0.518. The number of piperidine rings is 1. The van der Waals surface area contributed by atoms with Gasteiger partial charge in [0.2, 0.25) is 0 Å². The van der Waals surface area contributed by atoms with Gasteiger partial charge in [-0.2, -0.15) is 0 Å². The summed E-state index contributed by atoms with van der Waals surface area (Å²) < 4.78 is 8.47. The number of amides is 1. The van der Waals surface area contributed by atoms with Crippen LogP contribution < -0.4 is 5.69 Å². The molecular weight excluding hydrogens is 465 g/mol. The maximum Gasteiger partial charge on any atom is 0.410 e. The van der Waals surface area contributed by atoms with Gasteiger partial charge >= 0.3 is 11.8 Å². The SMILES string of the molecule is CC(C)(C)OC(=O)N1CCCC(n2nc(-c3ccncc3Cl)n(-c3ccc(Cl)cc3)c2=O)C1. The number of hydrogen-bond acceptors (Lipinski definition) is 5. The van der Waals surface area contributed by atoms with Crippen molar-refractivity contribution >= 4 is 29.3 Å². The fraction of sp³-hybridized carbons (Fsp3) is 0.391. The van der Waals surface area contributed by atoms with E-state index < -0.39 is 11.7 Å². The maximum atomic E-state index is 13.6. The standard InChI is InChI=1S/C23H25Cl2N5O3/c1-23(2,3)33-22(32)28-12-4-5-17(14-28)30-21(31)29(16-8-6-15(24)7-9-16)20(27-30)18-10-11-26-13-19(18)25/h6-11,13,17H,4-5,12,14H2,1-3H3. The van der Waals surface area contributed by atoms with Crippen LogP contribution in [0.1, 0.15) is 39.7 Å². The van der Waals surface area contributed by atoms with Crippen molar-refractivity contribution in [2.24, 2.45) is 0 Å². The van der Waals surface area contributed by atoms with E-state index in [0.29, 0.717) is 46.6 Å². The molecule has 3 heterocycles. The minimum absolute atomic E-state index is 0.299. The van der Waals surface area contributed by atoms with Crippen LogP contribution in [0.2, 0.25) is 10.0 Å². The number of aromatic nitrogens is 4. The van der Waals surface area contributed by atoms with Crippen LogP contribution in [0.3, 0.4) is 0 Å². The lowest BCUT2D eigenvalue weighted by Gasteiger charge is -2.33.